The van der Waals surface area contributed by atoms with Gasteiger partial charge in [-0.2, -0.15) is 0 Å². The number of likely N-dealkylation sites (N-methyl/N-ethyl adjacent to an activating group) is 1. The van der Waals surface area contributed by atoms with Gasteiger partial charge in [0.2, 0.25) is 0 Å². The Hall–Kier alpha value is 0.0300. The first-order valence-electron chi connectivity index (χ1n) is 6.25. The van der Waals surface area contributed by atoms with Crippen molar-refractivity contribution >= 4 is 31.9 Å². The Kier molecular flexibility index (Phi) is 7.37. The van der Waals surface area contributed by atoms with Crippen molar-refractivity contribution in [1.82, 2.24) is 15.2 Å². The van der Waals surface area contributed by atoms with Gasteiger partial charge in [-0.1, -0.05) is 6.92 Å². The molecule has 1 atom stereocenters. The topological polar surface area (TPSA) is 28.2 Å². The molecule has 0 bridgehead atoms. The van der Waals surface area contributed by atoms with Crippen LogP contribution in [0.1, 0.15) is 26.0 Å². The number of hydrogen-bond acceptors (Lipinski definition) is 3. The smallest absolute Gasteiger partial charge is 0.0684 e. The summed E-state index contributed by atoms with van der Waals surface area (Å²) in [6, 6.07) is 2.67. The maximum Gasteiger partial charge on any atom is 0.0684 e. The van der Waals surface area contributed by atoms with Gasteiger partial charge in [0.15, 0.2) is 0 Å². The first-order chi connectivity index (χ1) is 8.54. The summed E-state index contributed by atoms with van der Waals surface area (Å²) >= 11 is 6.92. The fourth-order valence-corrected chi connectivity index (χ4v) is 2.69. The Morgan fingerprint density at radius 3 is 2.78 bits per heavy atom. The molecule has 102 valence electrons. The molecule has 1 rings (SSSR count). The summed E-state index contributed by atoms with van der Waals surface area (Å²) in [6.45, 7) is 7.31. The van der Waals surface area contributed by atoms with E-state index in [1.807, 2.05) is 12.3 Å². The van der Waals surface area contributed by atoms with Crippen LogP contribution in [0.5, 0.6) is 0 Å². The summed E-state index contributed by atoms with van der Waals surface area (Å²) in [6.07, 6.45) is 3.02. The SMILES string of the molecule is CCC(C)N(C)CCNCc1ncc(Br)cc1Br. The fourth-order valence-electron chi connectivity index (χ4n) is 1.57. The number of nitrogens with one attached hydrogen (secondary N) is 1. The summed E-state index contributed by atoms with van der Waals surface area (Å²) in [5.41, 5.74) is 1.05. The molecule has 1 heterocycles. The molecule has 0 spiro atoms. The molecule has 0 fully saturated rings. The van der Waals surface area contributed by atoms with E-state index in [-0.39, 0.29) is 0 Å². The van der Waals surface area contributed by atoms with Gasteiger partial charge in [-0.05, 0) is 58.3 Å². The summed E-state index contributed by atoms with van der Waals surface area (Å²) in [5.74, 6) is 0. The van der Waals surface area contributed by atoms with Crippen LogP contribution in [0, 0.1) is 0 Å². The molecule has 0 aromatic carbocycles. The quantitative estimate of drug-likeness (QED) is 0.736. The first-order valence-corrected chi connectivity index (χ1v) is 7.84. The third-order valence-electron chi connectivity index (χ3n) is 3.16. The molecule has 0 saturated heterocycles. The normalized spacial score (nSPS) is 13.0. The Balaban J connectivity index is 2.29. The van der Waals surface area contributed by atoms with Crippen LogP contribution < -0.4 is 5.32 Å². The van der Waals surface area contributed by atoms with Crippen molar-refractivity contribution in [2.45, 2.75) is 32.9 Å². The van der Waals surface area contributed by atoms with Gasteiger partial charge in [-0.25, -0.2) is 0 Å². The highest BCUT2D eigenvalue weighted by Crippen LogP contribution is 2.19. The number of halogens is 2. The Morgan fingerprint density at radius 1 is 1.44 bits per heavy atom. The van der Waals surface area contributed by atoms with E-state index in [0.717, 1.165) is 34.3 Å². The van der Waals surface area contributed by atoms with Gasteiger partial charge < -0.3 is 10.2 Å². The molecule has 1 N–H and O–H groups in total. The van der Waals surface area contributed by atoms with Crippen molar-refractivity contribution < 1.29 is 0 Å². The van der Waals surface area contributed by atoms with Gasteiger partial charge in [0.05, 0.1) is 5.69 Å². The maximum absolute atomic E-state index is 4.38. The van der Waals surface area contributed by atoms with Gasteiger partial charge >= 0.3 is 0 Å². The number of hydrogen-bond donors (Lipinski definition) is 1. The molecule has 1 aromatic rings. The second-order valence-corrected chi connectivity index (χ2v) is 6.27. The minimum atomic E-state index is 0.643. The van der Waals surface area contributed by atoms with Crippen LogP contribution >= 0.6 is 31.9 Å². The van der Waals surface area contributed by atoms with E-state index in [2.05, 4.69) is 68.0 Å². The van der Waals surface area contributed by atoms with Gasteiger partial charge in [-0.3, -0.25) is 4.98 Å². The summed E-state index contributed by atoms with van der Waals surface area (Å²) < 4.78 is 2.04. The second kappa shape index (κ2) is 8.25. The zero-order valence-electron chi connectivity index (χ0n) is 11.2. The maximum atomic E-state index is 4.38. The van der Waals surface area contributed by atoms with Gasteiger partial charge in [0, 0.05) is 40.8 Å². The number of pyridine rings is 1. The molecule has 0 aliphatic carbocycles. The third-order valence-corrected chi connectivity index (χ3v) is 4.28. The van der Waals surface area contributed by atoms with E-state index >= 15 is 0 Å². The monoisotopic (exact) mass is 377 g/mol. The van der Waals surface area contributed by atoms with Crippen molar-refractivity contribution in [2.24, 2.45) is 0 Å². The lowest BCUT2D eigenvalue weighted by Gasteiger charge is -2.23. The molecule has 18 heavy (non-hydrogen) atoms. The standard InChI is InChI=1S/C13H21Br2N3/c1-4-10(2)18(3)6-5-16-9-13-12(15)7-11(14)8-17-13/h7-8,10,16H,4-6,9H2,1-3H3. The third kappa shape index (κ3) is 5.34. The molecule has 3 nitrogen and oxygen atoms in total. The highest BCUT2D eigenvalue weighted by atomic mass is 79.9. The van der Waals surface area contributed by atoms with Crippen LogP contribution in [0.25, 0.3) is 0 Å². The van der Waals surface area contributed by atoms with Gasteiger partial charge in [0.25, 0.3) is 0 Å². The van der Waals surface area contributed by atoms with Gasteiger partial charge in [-0.15, -0.1) is 0 Å². The number of aromatic nitrogens is 1. The minimum Gasteiger partial charge on any atom is -0.310 e. The molecule has 1 aromatic heterocycles. The van der Waals surface area contributed by atoms with E-state index in [4.69, 9.17) is 0 Å². The Morgan fingerprint density at radius 2 is 2.17 bits per heavy atom. The van der Waals surface area contributed by atoms with E-state index in [0.29, 0.717) is 6.04 Å². The van der Waals surface area contributed by atoms with Crippen LogP contribution in [0.2, 0.25) is 0 Å². The summed E-state index contributed by atoms with van der Waals surface area (Å²) in [4.78, 5) is 6.75. The molecule has 0 amide bonds. The largest absolute Gasteiger partial charge is 0.310 e. The van der Waals surface area contributed by atoms with Crippen molar-refractivity contribution in [3.8, 4) is 0 Å². The van der Waals surface area contributed by atoms with Crippen molar-refractivity contribution in [3.05, 3.63) is 26.9 Å². The van der Waals surface area contributed by atoms with Crippen LogP contribution in [0.15, 0.2) is 21.2 Å². The van der Waals surface area contributed by atoms with Crippen molar-refractivity contribution in [2.75, 3.05) is 20.1 Å². The fraction of sp³-hybridized carbons (Fsp3) is 0.615. The zero-order valence-corrected chi connectivity index (χ0v) is 14.4. The molecule has 0 saturated carbocycles. The highest BCUT2D eigenvalue weighted by Gasteiger charge is 2.06. The van der Waals surface area contributed by atoms with Crippen LogP contribution in [-0.2, 0) is 6.54 Å². The number of rotatable bonds is 7. The Bertz CT molecular complexity index is 371. The van der Waals surface area contributed by atoms with E-state index in [1.165, 1.54) is 6.42 Å². The highest BCUT2D eigenvalue weighted by molar-refractivity contribution is 9.11. The molecule has 1 unspecified atom stereocenters. The van der Waals surface area contributed by atoms with Crippen molar-refractivity contribution in [1.29, 1.82) is 0 Å². The Labute approximate surface area is 127 Å². The summed E-state index contributed by atoms with van der Waals surface area (Å²) in [7, 11) is 2.17. The minimum absolute atomic E-state index is 0.643. The second-order valence-electron chi connectivity index (χ2n) is 4.50. The molecule has 5 heteroatoms. The van der Waals surface area contributed by atoms with Crippen molar-refractivity contribution in [3.63, 3.8) is 0 Å². The predicted octanol–water partition coefficient (Wildman–Crippen LogP) is 3.43. The van der Waals surface area contributed by atoms with Crippen LogP contribution in [-0.4, -0.2) is 36.1 Å². The lowest BCUT2D eigenvalue weighted by Crippen LogP contribution is -2.34. The predicted molar refractivity (Wildman–Crippen MR) is 83.7 cm³/mol. The van der Waals surface area contributed by atoms with E-state index in [9.17, 15) is 0 Å². The van der Waals surface area contributed by atoms with Crippen LogP contribution in [0.4, 0.5) is 0 Å². The lowest BCUT2D eigenvalue weighted by atomic mass is 10.2. The first kappa shape index (κ1) is 16.1. The van der Waals surface area contributed by atoms with E-state index in [1.54, 1.807) is 0 Å². The molecule has 0 aliphatic heterocycles. The molecular weight excluding hydrogens is 358 g/mol. The molecular formula is C13H21Br2N3. The molecule has 0 aliphatic rings. The zero-order chi connectivity index (χ0) is 13.5. The number of nitrogens with zero attached hydrogens (tertiary/aromatic N) is 2. The molecule has 0 radical (unpaired) electrons. The average molecular weight is 379 g/mol. The van der Waals surface area contributed by atoms with Crippen LogP contribution in [0.3, 0.4) is 0 Å². The van der Waals surface area contributed by atoms with E-state index < -0.39 is 0 Å². The lowest BCUT2D eigenvalue weighted by molar-refractivity contribution is 0.251. The average Bonchev–Trinajstić information content (AvgIpc) is 2.35. The van der Waals surface area contributed by atoms with Gasteiger partial charge in [0.1, 0.15) is 0 Å². The summed E-state index contributed by atoms with van der Waals surface area (Å²) in [5, 5.41) is 3.42.